The maximum absolute atomic E-state index is 6.20. The van der Waals surface area contributed by atoms with Crippen molar-refractivity contribution < 1.29 is 0 Å². The summed E-state index contributed by atoms with van der Waals surface area (Å²) in [4.78, 5) is 2.46. The van der Waals surface area contributed by atoms with E-state index in [0.717, 1.165) is 25.3 Å². The van der Waals surface area contributed by atoms with Crippen LogP contribution in [0.5, 0.6) is 0 Å². The molecule has 0 amide bonds. The van der Waals surface area contributed by atoms with E-state index in [9.17, 15) is 0 Å². The summed E-state index contributed by atoms with van der Waals surface area (Å²) >= 11 is 0. The van der Waals surface area contributed by atoms with Crippen molar-refractivity contribution in [1.29, 1.82) is 0 Å². The highest BCUT2D eigenvalue weighted by atomic mass is 35.5. The minimum Gasteiger partial charge on any atom is -0.326 e. The van der Waals surface area contributed by atoms with Gasteiger partial charge >= 0.3 is 0 Å². The maximum atomic E-state index is 6.20. The minimum absolute atomic E-state index is 0. The first-order valence-corrected chi connectivity index (χ1v) is 6.44. The molecule has 0 aliphatic carbocycles. The molecule has 6 heteroatoms. The third-order valence-corrected chi connectivity index (χ3v) is 3.85. The van der Waals surface area contributed by atoms with E-state index in [-0.39, 0.29) is 24.8 Å². The monoisotopic (exact) mass is 308 g/mol. The lowest BCUT2D eigenvalue weighted by molar-refractivity contribution is 0.296. The normalized spacial score (nSPS) is 23.3. The molecule has 1 fully saturated rings. The van der Waals surface area contributed by atoms with E-state index < -0.39 is 0 Å². The van der Waals surface area contributed by atoms with Crippen LogP contribution in [0.25, 0.3) is 0 Å². The predicted molar refractivity (Wildman–Crippen MR) is 84.0 cm³/mol. The second-order valence-electron chi connectivity index (χ2n) is 5.68. The largest absolute Gasteiger partial charge is 0.326 e. The summed E-state index contributed by atoms with van der Waals surface area (Å²) < 4.78 is 1.89. The molecular formula is C13H26Cl2N4. The number of aryl methyl sites for hydroxylation is 2. The van der Waals surface area contributed by atoms with Gasteiger partial charge in [-0.15, -0.1) is 24.8 Å². The Morgan fingerprint density at radius 2 is 2.00 bits per heavy atom. The minimum atomic E-state index is 0. The van der Waals surface area contributed by atoms with Crippen LogP contribution in [0.1, 0.15) is 25.1 Å². The zero-order valence-corrected chi connectivity index (χ0v) is 13.8. The smallest absolute Gasteiger partial charge is 0.0638 e. The number of halogens is 2. The van der Waals surface area contributed by atoms with Crippen LogP contribution in [-0.2, 0) is 13.6 Å². The van der Waals surface area contributed by atoms with Crippen LogP contribution in [0.2, 0.25) is 0 Å². The second-order valence-corrected chi connectivity index (χ2v) is 5.68. The molecule has 4 nitrogen and oxygen atoms in total. The second kappa shape index (κ2) is 7.48. The zero-order valence-electron chi connectivity index (χ0n) is 12.2. The Kier molecular flexibility index (Phi) is 7.37. The van der Waals surface area contributed by atoms with Crippen molar-refractivity contribution in [2.45, 2.75) is 33.4 Å². The molecule has 0 spiro atoms. The zero-order chi connectivity index (χ0) is 12.6. The van der Waals surface area contributed by atoms with E-state index in [2.05, 4.69) is 37.0 Å². The van der Waals surface area contributed by atoms with Crippen molar-refractivity contribution in [2.75, 3.05) is 13.1 Å². The molecule has 1 saturated heterocycles. The predicted octanol–water partition coefficient (Wildman–Crippen LogP) is 1.99. The van der Waals surface area contributed by atoms with E-state index in [1.54, 1.807) is 0 Å². The summed E-state index contributed by atoms with van der Waals surface area (Å²) in [6.45, 7) is 9.72. The number of nitrogens with zero attached hydrogens (tertiary/aromatic N) is 3. The van der Waals surface area contributed by atoms with Gasteiger partial charge in [0.2, 0.25) is 0 Å². The van der Waals surface area contributed by atoms with Crippen molar-refractivity contribution in [3.05, 3.63) is 17.5 Å². The quantitative estimate of drug-likeness (QED) is 0.929. The first-order chi connectivity index (χ1) is 7.97. The molecule has 19 heavy (non-hydrogen) atoms. The van der Waals surface area contributed by atoms with Crippen LogP contribution in [0.15, 0.2) is 6.20 Å². The number of hydrogen-bond donors (Lipinski definition) is 1. The molecule has 0 aromatic carbocycles. The third-order valence-electron chi connectivity index (χ3n) is 3.85. The fraction of sp³-hybridized carbons (Fsp3) is 0.769. The maximum Gasteiger partial charge on any atom is 0.0638 e. The molecule has 0 unspecified atom stereocenters. The molecule has 1 aromatic heterocycles. The Balaban J connectivity index is 0.00000162. The van der Waals surface area contributed by atoms with Crippen molar-refractivity contribution in [3.63, 3.8) is 0 Å². The molecule has 1 aliphatic rings. The van der Waals surface area contributed by atoms with Crippen LogP contribution in [0.3, 0.4) is 0 Å². The summed E-state index contributed by atoms with van der Waals surface area (Å²) in [5, 5.41) is 4.39. The van der Waals surface area contributed by atoms with Crippen molar-refractivity contribution in [3.8, 4) is 0 Å². The van der Waals surface area contributed by atoms with E-state index in [0.29, 0.717) is 17.9 Å². The molecule has 2 rings (SSSR count). The van der Waals surface area contributed by atoms with Gasteiger partial charge in [0.1, 0.15) is 0 Å². The van der Waals surface area contributed by atoms with Crippen LogP contribution in [0.4, 0.5) is 0 Å². The van der Waals surface area contributed by atoms with Gasteiger partial charge in [-0.2, -0.15) is 5.10 Å². The molecule has 0 saturated carbocycles. The Morgan fingerprint density at radius 1 is 1.37 bits per heavy atom. The van der Waals surface area contributed by atoms with Gasteiger partial charge in [0.15, 0.2) is 0 Å². The fourth-order valence-electron chi connectivity index (χ4n) is 2.82. The summed E-state index contributed by atoms with van der Waals surface area (Å²) in [5.74, 6) is 1.30. The third kappa shape index (κ3) is 4.35. The number of hydrogen-bond acceptors (Lipinski definition) is 3. The molecule has 2 N–H and O–H groups in total. The van der Waals surface area contributed by atoms with Gasteiger partial charge in [-0.1, -0.05) is 13.8 Å². The van der Waals surface area contributed by atoms with E-state index in [1.807, 2.05) is 11.7 Å². The highest BCUT2D eigenvalue weighted by Crippen LogP contribution is 2.24. The highest BCUT2D eigenvalue weighted by molar-refractivity contribution is 5.85. The van der Waals surface area contributed by atoms with Gasteiger partial charge in [0, 0.05) is 44.5 Å². The lowest BCUT2D eigenvalue weighted by Crippen LogP contribution is -2.32. The molecule has 1 aliphatic heterocycles. The first-order valence-electron chi connectivity index (χ1n) is 6.44. The summed E-state index contributed by atoms with van der Waals surface area (Å²) in [7, 11) is 1.98. The molecule has 1 aromatic rings. The molecule has 2 atom stereocenters. The molecule has 2 heterocycles. The fourth-order valence-corrected chi connectivity index (χ4v) is 2.82. The molecule has 0 radical (unpaired) electrons. The van der Waals surface area contributed by atoms with Crippen molar-refractivity contribution in [1.82, 2.24) is 14.7 Å². The van der Waals surface area contributed by atoms with Gasteiger partial charge in [-0.05, 0) is 18.8 Å². The Labute approximate surface area is 128 Å². The van der Waals surface area contributed by atoms with Crippen LogP contribution < -0.4 is 5.73 Å². The van der Waals surface area contributed by atoms with Gasteiger partial charge in [0.05, 0.1) is 5.69 Å². The number of nitrogens with two attached hydrogens (primary N) is 1. The molecular weight excluding hydrogens is 283 g/mol. The lowest BCUT2D eigenvalue weighted by atomic mass is 9.92. The first kappa shape index (κ1) is 18.7. The average Bonchev–Trinajstić information content (AvgIpc) is 2.71. The summed E-state index contributed by atoms with van der Waals surface area (Å²) in [5.41, 5.74) is 8.66. The topological polar surface area (TPSA) is 47.1 Å². The highest BCUT2D eigenvalue weighted by Gasteiger charge is 2.32. The van der Waals surface area contributed by atoms with E-state index in [1.165, 1.54) is 5.56 Å². The standard InChI is InChI=1S/C13H24N4.2ClH/c1-9(2)12-7-17(8-13(12)14)6-11-5-16(4)15-10(11)3;;/h5,9,12-13H,6-8,14H2,1-4H3;2*1H/t12-,13+;;/m1../s1. The van der Waals surface area contributed by atoms with Crippen molar-refractivity contribution in [2.24, 2.45) is 24.6 Å². The molecule has 0 bridgehead atoms. The van der Waals surface area contributed by atoms with Gasteiger partial charge in [0.25, 0.3) is 0 Å². The van der Waals surface area contributed by atoms with Gasteiger partial charge in [-0.3, -0.25) is 9.58 Å². The lowest BCUT2D eigenvalue weighted by Gasteiger charge is -2.18. The van der Waals surface area contributed by atoms with Gasteiger partial charge < -0.3 is 5.73 Å². The summed E-state index contributed by atoms with van der Waals surface area (Å²) in [6, 6.07) is 0.326. The Hall–Kier alpha value is -0.290. The number of rotatable bonds is 3. The Bertz CT molecular complexity index is 392. The van der Waals surface area contributed by atoms with E-state index in [4.69, 9.17) is 5.73 Å². The van der Waals surface area contributed by atoms with Crippen LogP contribution >= 0.6 is 24.8 Å². The molecule has 112 valence electrons. The van der Waals surface area contributed by atoms with Gasteiger partial charge in [-0.25, -0.2) is 0 Å². The Morgan fingerprint density at radius 3 is 2.42 bits per heavy atom. The number of likely N-dealkylation sites (tertiary alicyclic amines) is 1. The summed E-state index contributed by atoms with van der Waals surface area (Å²) in [6.07, 6.45) is 2.11. The number of aromatic nitrogens is 2. The average molecular weight is 309 g/mol. The van der Waals surface area contributed by atoms with E-state index >= 15 is 0 Å². The van der Waals surface area contributed by atoms with Crippen LogP contribution in [-0.4, -0.2) is 33.8 Å². The van der Waals surface area contributed by atoms with Crippen molar-refractivity contribution >= 4 is 24.8 Å². The van der Waals surface area contributed by atoms with Crippen LogP contribution in [0, 0.1) is 18.8 Å². The SMILES string of the molecule is Cc1nn(C)cc1CN1C[C@H](C(C)C)[C@@H](N)C1.Cl.Cl.